The van der Waals surface area contributed by atoms with Crippen LogP contribution in [0.5, 0.6) is 0 Å². The number of halogens is 5. The van der Waals surface area contributed by atoms with E-state index >= 15 is 0 Å². The summed E-state index contributed by atoms with van der Waals surface area (Å²) in [7, 11) is 0. The zero-order valence-corrected chi connectivity index (χ0v) is 14.4. The summed E-state index contributed by atoms with van der Waals surface area (Å²) in [5.41, 5.74) is -2.92. The van der Waals surface area contributed by atoms with E-state index < -0.39 is 28.9 Å². The molecule has 1 aromatic heterocycles. The highest BCUT2D eigenvalue weighted by Gasteiger charge is 2.44. The Kier molecular flexibility index (Phi) is 3.80. The van der Waals surface area contributed by atoms with Gasteiger partial charge in [0.05, 0.1) is 15.1 Å². The van der Waals surface area contributed by atoms with Crippen molar-refractivity contribution >= 4 is 33.4 Å². The molecule has 4 nitrogen and oxygen atoms in total. The molecule has 0 spiro atoms. The normalized spacial score (nSPS) is 20.0. The number of fused-ring (bicyclic) bond motifs is 1. The highest BCUT2D eigenvalue weighted by Crippen LogP contribution is 2.36. The number of amides is 1. The molecule has 1 N–H and O–H groups in total. The number of carbonyl (C=O) groups is 1. The molecule has 0 saturated carbocycles. The lowest BCUT2D eigenvalue weighted by atomic mass is 9.99. The third kappa shape index (κ3) is 2.44. The minimum Gasteiger partial charge on any atom is -0.324 e. The molecule has 1 amide bonds. The van der Waals surface area contributed by atoms with Gasteiger partial charge in [0.25, 0.3) is 11.5 Å². The van der Waals surface area contributed by atoms with Crippen LogP contribution >= 0.6 is 27.5 Å². The highest BCUT2D eigenvalue weighted by molar-refractivity contribution is 9.10. The summed E-state index contributed by atoms with van der Waals surface area (Å²) in [5.74, 6) is -0.635. The summed E-state index contributed by atoms with van der Waals surface area (Å²) >= 11 is 9.08. The lowest BCUT2D eigenvalue weighted by Gasteiger charge is -2.28. The smallest absolute Gasteiger partial charge is 0.324 e. The molecule has 0 saturated heterocycles. The van der Waals surface area contributed by atoms with Crippen molar-refractivity contribution in [2.24, 2.45) is 0 Å². The van der Waals surface area contributed by atoms with E-state index in [0.29, 0.717) is 0 Å². The van der Waals surface area contributed by atoms with Crippen molar-refractivity contribution in [2.45, 2.75) is 18.8 Å². The van der Waals surface area contributed by atoms with Crippen molar-refractivity contribution < 1.29 is 18.0 Å². The molecule has 9 heteroatoms. The fourth-order valence-corrected chi connectivity index (χ4v) is 3.55. The highest BCUT2D eigenvalue weighted by atomic mass is 79.9. The maximum atomic E-state index is 13.0. The van der Waals surface area contributed by atoms with Crippen molar-refractivity contribution in [3.8, 4) is 0 Å². The molecular weight excluding hydrogens is 413 g/mol. The minimum absolute atomic E-state index is 0.0228. The fourth-order valence-electron chi connectivity index (χ4n) is 2.73. The Morgan fingerprint density at radius 1 is 1.25 bits per heavy atom. The van der Waals surface area contributed by atoms with Gasteiger partial charge in [0.15, 0.2) is 0 Å². The molecule has 2 heterocycles. The molecule has 1 aliphatic heterocycles. The zero-order chi connectivity index (χ0) is 17.9. The number of hydrogen-bond donors (Lipinski definition) is 1. The number of carbonyl (C=O) groups excluding carboxylic acids is 1. The van der Waals surface area contributed by atoms with Crippen LogP contribution in [-0.2, 0) is 11.8 Å². The van der Waals surface area contributed by atoms with Crippen molar-refractivity contribution in [1.82, 2.24) is 9.88 Å². The van der Waals surface area contributed by atoms with Crippen LogP contribution in [0.1, 0.15) is 28.5 Å². The van der Waals surface area contributed by atoms with E-state index in [9.17, 15) is 22.8 Å². The van der Waals surface area contributed by atoms with Crippen molar-refractivity contribution in [3.05, 3.63) is 67.0 Å². The second-order valence-corrected chi connectivity index (χ2v) is 6.70. The molecule has 24 heavy (non-hydrogen) atoms. The lowest BCUT2D eigenvalue weighted by Crippen LogP contribution is -2.46. The SMILES string of the molecule is CC1(c2cccc(C(F)(F)F)c2)NC(=O)c2c(Cl)cc(Br)c(=O)n21. The first kappa shape index (κ1) is 17.0. The fraction of sp³-hybridized carbons (Fsp3) is 0.200. The summed E-state index contributed by atoms with van der Waals surface area (Å²) in [4.78, 5) is 24.7. The van der Waals surface area contributed by atoms with Gasteiger partial charge >= 0.3 is 6.18 Å². The third-order valence-electron chi connectivity index (χ3n) is 3.88. The predicted octanol–water partition coefficient (Wildman–Crippen LogP) is 3.75. The second-order valence-electron chi connectivity index (χ2n) is 5.43. The van der Waals surface area contributed by atoms with E-state index in [1.807, 2.05) is 0 Å². The van der Waals surface area contributed by atoms with Crippen LogP contribution in [0.2, 0.25) is 5.02 Å². The lowest BCUT2D eigenvalue weighted by molar-refractivity contribution is -0.137. The topological polar surface area (TPSA) is 51.1 Å². The van der Waals surface area contributed by atoms with Gasteiger partial charge in [-0.3, -0.25) is 14.2 Å². The summed E-state index contributed by atoms with van der Waals surface area (Å²) in [6.07, 6.45) is -4.54. The molecule has 1 aromatic carbocycles. The number of rotatable bonds is 1. The number of nitrogens with one attached hydrogen (secondary N) is 1. The first-order valence-corrected chi connectivity index (χ1v) is 7.84. The summed E-state index contributed by atoms with van der Waals surface area (Å²) in [5, 5.41) is 2.57. The van der Waals surface area contributed by atoms with Gasteiger partial charge in [-0.2, -0.15) is 13.2 Å². The van der Waals surface area contributed by atoms with Crippen LogP contribution in [-0.4, -0.2) is 10.5 Å². The number of nitrogens with zero attached hydrogens (tertiary/aromatic N) is 1. The number of hydrogen-bond acceptors (Lipinski definition) is 2. The minimum atomic E-state index is -4.54. The van der Waals surface area contributed by atoms with Crippen molar-refractivity contribution in [3.63, 3.8) is 0 Å². The number of pyridine rings is 1. The first-order chi connectivity index (χ1) is 11.1. The van der Waals surface area contributed by atoms with E-state index in [0.717, 1.165) is 16.7 Å². The maximum Gasteiger partial charge on any atom is 0.416 e. The van der Waals surface area contributed by atoms with Crippen molar-refractivity contribution in [1.29, 1.82) is 0 Å². The maximum absolute atomic E-state index is 13.0. The average molecular weight is 422 g/mol. The Balaban J connectivity index is 2.30. The van der Waals surface area contributed by atoms with Crippen LogP contribution in [0, 0.1) is 0 Å². The third-order valence-corrected chi connectivity index (χ3v) is 4.74. The largest absolute Gasteiger partial charge is 0.416 e. The van der Waals surface area contributed by atoms with Crippen LogP contribution in [0.15, 0.2) is 39.6 Å². The van der Waals surface area contributed by atoms with Gasteiger partial charge in [-0.1, -0.05) is 23.7 Å². The summed E-state index contributed by atoms with van der Waals surface area (Å²) in [6.45, 7) is 1.45. The van der Waals surface area contributed by atoms with E-state index in [1.54, 1.807) is 0 Å². The van der Waals surface area contributed by atoms with E-state index in [1.165, 1.54) is 25.1 Å². The number of aromatic nitrogens is 1. The summed E-state index contributed by atoms with van der Waals surface area (Å²) in [6, 6.07) is 5.73. The Morgan fingerprint density at radius 2 is 1.92 bits per heavy atom. The van der Waals surface area contributed by atoms with Crippen molar-refractivity contribution in [2.75, 3.05) is 0 Å². The van der Waals surface area contributed by atoms with Gasteiger partial charge in [0.2, 0.25) is 0 Å². The molecule has 1 unspecified atom stereocenters. The van der Waals surface area contributed by atoms with Gasteiger partial charge in [-0.25, -0.2) is 0 Å². The Hall–Kier alpha value is -1.80. The molecule has 3 rings (SSSR count). The Bertz CT molecular complexity index is 926. The second kappa shape index (κ2) is 5.35. The molecule has 0 aliphatic carbocycles. The number of alkyl halides is 3. The first-order valence-electron chi connectivity index (χ1n) is 6.67. The van der Waals surface area contributed by atoms with Gasteiger partial charge in [0.1, 0.15) is 11.4 Å². The molecule has 1 aliphatic rings. The molecule has 2 aromatic rings. The molecule has 0 bridgehead atoms. The van der Waals surface area contributed by atoms with E-state index in [-0.39, 0.29) is 20.8 Å². The zero-order valence-electron chi connectivity index (χ0n) is 12.0. The standard InChI is InChI=1S/C15H9BrClF3N2O2/c1-14(7-3-2-4-8(5-7)15(18,19)20)21-12(23)11-10(17)6-9(16)13(24)22(11)14/h2-6H,1H3,(H,21,23). The van der Waals surface area contributed by atoms with Gasteiger partial charge < -0.3 is 5.32 Å². The average Bonchev–Trinajstić information content (AvgIpc) is 2.77. The van der Waals surface area contributed by atoms with Crippen LogP contribution in [0.3, 0.4) is 0 Å². The summed E-state index contributed by atoms with van der Waals surface area (Å²) < 4.78 is 40.1. The predicted molar refractivity (Wildman–Crippen MR) is 85.1 cm³/mol. The Morgan fingerprint density at radius 3 is 2.54 bits per heavy atom. The monoisotopic (exact) mass is 420 g/mol. The van der Waals surface area contributed by atoms with Gasteiger partial charge in [-0.05, 0) is 46.6 Å². The number of benzene rings is 1. The quantitative estimate of drug-likeness (QED) is 0.762. The molecule has 0 radical (unpaired) electrons. The molecule has 1 atom stereocenters. The van der Waals surface area contributed by atoms with Crippen LogP contribution < -0.4 is 10.9 Å². The Labute approximate surface area is 147 Å². The molecule has 126 valence electrons. The van der Waals surface area contributed by atoms with E-state index in [4.69, 9.17) is 11.6 Å². The van der Waals surface area contributed by atoms with E-state index in [2.05, 4.69) is 21.2 Å². The van der Waals surface area contributed by atoms with Gasteiger partial charge in [0, 0.05) is 0 Å². The molecule has 0 fully saturated rings. The van der Waals surface area contributed by atoms with Crippen LogP contribution in [0.4, 0.5) is 13.2 Å². The molecular formula is C15H9BrClF3N2O2. The van der Waals surface area contributed by atoms with Crippen LogP contribution in [0.25, 0.3) is 0 Å². The van der Waals surface area contributed by atoms with Gasteiger partial charge in [-0.15, -0.1) is 0 Å².